The highest BCUT2D eigenvalue weighted by atomic mass is 16.6. The second kappa shape index (κ2) is 13.8. The standard InChI is InChI=1S/C25H41N3O7/c1-9-19(27-22(30)20(10-15(2)3)28-24(32)35-25(4,5)6)21(29)23(31)26-14-16-11-17(33-7)13-18(12-16)34-8/h11-13,15,19-21,29H,9-10,14H2,1-8H3,(H,26,31)(H,27,30)(H,28,32)/t19?,20-,21?/m0/s1. The molecule has 0 heterocycles. The zero-order valence-electron chi connectivity index (χ0n) is 22.1. The molecule has 10 nitrogen and oxygen atoms in total. The Balaban J connectivity index is 2.82. The third kappa shape index (κ3) is 10.9. The van der Waals surface area contributed by atoms with Crippen molar-refractivity contribution in [3.63, 3.8) is 0 Å². The summed E-state index contributed by atoms with van der Waals surface area (Å²) in [6.45, 7) is 10.9. The van der Waals surface area contributed by atoms with Gasteiger partial charge < -0.3 is 35.3 Å². The van der Waals surface area contributed by atoms with E-state index < -0.39 is 41.7 Å². The molecule has 0 saturated carbocycles. The minimum atomic E-state index is -1.49. The number of aliphatic hydroxyl groups is 1. The maximum absolute atomic E-state index is 12.9. The van der Waals surface area contributed by atoms with Gasteiger partial charge in [0.05, 0.1) is 20.3 Å². The predicted molar refractivity (Wildman–Crippen MR) is 132 cm³/mol. The third-order valence-corrected chi connectivity index (χ3v) is 5.01. The highest BCUT2D eigenvalue weighted by Gasteiger charge is 2.31. The normalized spacial score (nSPS) is 13.9. The summed E-state index contributed by atoms with van der Waals surface area (Å²) in [6.07, 6.45) is -1.54. The lowest BCUT2D eigenvalue weighted by Crippen LogP contribution is -2.55. The Morgan fingerprint density at radius 2 is 1.54 bits per heavy atom. The summed E-state index contributed by atoms with van der Waals surface area (Å²) in [5.74, 6) is 0.108. The van der Waals surface area contributed by atoms with Gasteiger partial charge in [0.25, 0.3) is 5.91 Å². The fraction of sp³-hybridized carbons (Fsp3) is 0.640. The van der Waals surface area contributed by atoms with Crippen LogP contribution in [0.5, 0.6) is 11.5 Å². The zero-order valence-corrected chi connectivity index (χ0v) is 22.1. The van der Waals surface area contributed by atoms with E-state index in [2.05, 4.69) is 16.0 Å². The highest BCUT2D eigenvalue weighted by Crippen LogP contribution is 2.22. The van der Waals surface area contributed by atoms with Gasteiger partial charge in [-0.25, -0.2) is 4.79 Å². The number of carbonyl (C=O) groups excluding carboxylic acids is 3. The number of benzene rings is 1. The van der Waals surface area contributed by atoms with Crippen LogP contribution in [-0.2, 0) is 20.9 Å². The van der Waals surface area contributed by atoms with E-state index in [4.69, 9.17) is 14.2 Å². The zero-order chi connectivity index (χ0) is 26.8. The molecule has 10 heteroatoms. The molecule has 2 unspecified atom stereocenters. The van der Waals surface area contributed by atoms with Crippen LogP contribution in [0.4, 0.5) is 4.79 Å². The van der Waals surface area contributed by atoms with E-state index in [-0.39, 0.29) is 12.5 Å². The van der Waals surface area contributed by atoms with E-state index >= 15 is 0 Å². The van der Waals surface area contributed by atoms with E-state index in [1.165, 1.54) is 14.2 Å². The molecule has 0 fully saturated rings. The number of ether oxygens (including phenoxy) is 3. The Kier molecular flexibility index (Phi) is 11.8. The van der Waals surface area contributed by atoms with Gasteiger partial charge in [0, 0.05) is 12.6 Å². The minimum absolute atomic E-state index is 0.105. The lowest BCUT2D eigenvalue weighted by molar-refractivity contribution is -0.133. The van der Waals surface area contributed by atoms with Crippen molar-refractivity contribution in [1.82, 2.24) is 16.0 Å². The number of hydrogen-bond donors (Lipinski definition) is 4. The van der Waals surface area contributed by atoms with Gasteiger partial charge >= 0.3 is 6.09 Å². The number of carbonyl (C=O) groups is 3. The summed E-state index contributed by atoms with van der Waals surface area (Å²) in [5, 5.41) is 18.6. The van der Waals surface area contributed by atoms with E-state index in [0.29, 0.717) is 24.3 Å². The predicted octanol–water partition coefficient (Wildman–Crippen LogP) is 2.52. The summed E-state index contributed by atoms with van der Waals surface area (Å²) in [4.78, 5) is 37.8. The number of hydrogen-bond acceptors (Lipinski definition) is 7. The van der Waals surface area contributed by atoms with Crippen molar-refractivity contribution in [2.75, 3.05) is 14.2 Å². The van der Waals surface area contributed by atoms with Gasteiger partial charge in [-0.2, -0.15) is 0 Å². The maximum Gasteiger partial charge on any atom is 0.408 e. The van der Waals surface area contributed by atoms with Gasteiger partial charge in [-0.05, 0) is 57.2 Å². The molecule has 1 aromatic carbocycles. The molecule has 0 aliphatic carbocycles. The van der Waals surface area contributed by atoms with Gasteiger partial charge in [0.2, 0.25) is 5.91 Å². The van der Waals surface area contributed by atoms with Crippen molar-refractivity contribution in [2.24, 2.45) is 5.92 Å². The number of rotatable bonds is 12. The molecule has 1 rings (SSSR count). The molecule has 198 valence electrons. The third-order valence-electron chi connectivity index (χ3n) is 5.01. The van der Waals surface area contributed by atoms with Crippen molar-refractivity contribution in [2.45, 2.75) is 84.7 Å². The second-order valence-electron chi connectivity index (χ2n) is 9.74. The smallest absolute Gasteiger partial charge is 0.408 e. The number of nitrogens with one attached hydrogen (secondary N) is 3. The molecule has 0 radical (unpaired) electrons. The summed E-state index contributed by atoms with van der Waals surface area (Å²) in [5.41, 5.74) is 0.00747. The van der Waals surface area contributed by atoms with Crippen LogP contribution in [0, 0.1) is 5.92 Å². The molecule has 0 bridgehead atoms. The SMILES string of the molecule is CCC(NC(=O)[C@H](CC(C)C)NC(=O)OC(C)(C)C)C(O)C(=O)NCc1cc(OC)cc(OC)c1. The lowest BCUT2D eigenvalue weighted by atomic mass is 10.0. The monoisotopic (exact) mass is 495 g/mol. The fourth-order valence-corrected chi connectivity index (χ4v) is 3.29. The molecule has 0 spiro atoms. The van der Waals surface area contributed by atoms with Crippen molar-refractivity contribution < 1.29 is 33.7 Å². The van der Waals surface area contributed by atoms with Crippen LogP contribution in [0.25, 0.3) is 0 Å². The highest BCUT2D eigenvalue weighted by molar-refractivity contribution is 5.87. The van der Waals surface area contributed by atoms with Crippen molar-refractivity contribution in [3.05, 3.63) is 23.8 Å². The Hall–Kier alpha value is -3.01. The van der Waals surface area contributed by atoms with Crippen LogP contribution >= 0.6 is 0 Å². The lowest BCUT2D eigenvalue weighted by Gasteiger charge is -2.27. The van der Waals surface area contributed by atoms with Crippen LogP contribution in [-0.4, -0.2) is 61.0 Å². The van der Waals surface area contributed by atoms with Crippen LogP contribution in [0.3, 0.4) is 0 Å². The summed E-state index contributed by atoms with van der Waals surface area (Å²) in [7, 11) is 3.05. The van der Waals surface area contributed by atoms with Gasteiger partial charge in [0.15, 0.2) is 6.10 Å². The van der Waals surface area contributed by atoms with Crippen molar-refractivity contribution >= 4 is 17.9 Å². The van der Waals surface area contributed by atoms with E-state index in [1.54, 1.807) is 45.9 Å². The Labute approximate surface area is 208 Å². The fourth-order valence-electron chi connectivity index (χ4n) is 3.29. The molecule has 0 aliphatic rings. The second-order valence-corrected chi connectivity index (χ2v) is 9.74. The van der Waals surface area contributed by atoms with E-state index in [1.807, 2.05) is 13.8 Å². The number of methoxy groups -OCH3 is 2. The summed E-state index contributed by atoms with van der Waals surface area (Å²) < 4.78 is 15.7. The first kappa shape index (κ1) is 30.0. The molecule has 4 N–H and O–H groups in total. The van der Waals surface area contributed by atoms with Gasteiger partial charge in [-0.15, -0.1) is 0 Å². The summed E-state index contributed by atoms with van der Waals surface area (Å²) in [6, 6.07) is 3.47. The van der Waals surface area contributed by atoms with Crippen molar-refractivity contribution in [3.8, 4) is 11.5 Å². The molecule has 0 aliphatic heterocycles. The first-order valence-electron chi connectivity index (χ1n) is 11.8. The number of amides is 3. The van der Waals surface area contributed by atoms with Gasteiger partial charge in [-0.1, -0.05) is 20.8 Å². The average molecular weight is 496 g/mol. The van der Waals surface area contributed by atoms with E-state index in [9.17, 15) is 19.5 Å². The van der Waals surface area contributed by atoms with Crippen LogP contribution in [0.2, 0.25) is 0 Å². The minimum Gasteiger partial charge on any atom is -0.497 e. The number of aliphatic hydroxyl groups excluding tert-OH is 1. The molecule has 0 aromatic heterocycles. The van der Waals surface area contributed by atoms with Crippen LogP contribution in [0.1, 0.15) is 59.9 Å². The Bertz CT molecular complexity index is 830. The maximum atomic E-state index is 12.9. The average Bonchev–Trinajstić information content (AvgIpc) is 2.77. The quantitative estimate of drug-likeness (QED) is 0.350. The van der Waals surface area contributed by atoms with Gasteiger partial charge in [-0.3, -0.25) is 9.59 Å². The van der Waals surface area contributed by atoms with Crippen molar-refractivity contribution in [1.29, 1.82) is 0 Å². The van der Waals surface area contributed by atoms with Gasteiger partial charge in [0.1, 0.15) is 23.1 Å². The molecule has 3 atom stereocenters. The molecule has 1 aromatic rings. The topological polar surface area (TPSA) is 135 Å². The molecule has 0 saturated heterocycles. The Morgan fingerprint density at radius 3 is 2.00 bits per heavy atom. The molecular weight excluding hydrogens is 454 g/mol. The molecule has 3 amide bonds. The first-order chi connectivity index (χ1) is 16.3. The van der Waals surface area contributed by atoms with Crippen LogP contribution in [0.15, 0.2) is 18.2 Å². The number of alkyl carbamates (subject to hydrolysis) is 1. The molecular formula is C25H41N3O7. The Morgan fingerprint density at radius 1 is 0.971 bits per heavy atom. The summed E-state index contributed by atoms with van der Waals surface area (Å²) >= 11 is 0. The first-order valence-corrected chi connectivity index (χ1v) is 11.8. The molecule has 35 heavy (non-hydrogen) atoms. The van der Waals surface area contributed by atoms with E-state index in [0.717, 1.165) is 5.56 Å². The largest absolute Gasteiger partial charge is 0.497 e. The van der Waals surface area contributed by atoms with Crippen LogP contribution < -0.4 is 25.4 Å².